The molecular formula is C21H19N3O4. The molecule has 0 unspecified atom stereocenters. The summed E-state index contributed by atoms with van der Waals surface area (Å²) in [5, 5.41) is 4.03. The molecule has 28 heavy (non-hydrogen) atoms. The number of benzene rings is 2. The standard InChI is InChI=1S/C21H19N3O4/c25-21(19-12-26-17-8-4-5-9-18(17)28-19)24-10-15(14-6-2-1-3-7-14)16(11-24)20-22-13-27-23-20/h1-9,13,15-16,19H,10-12H2/t15-,16+,19+/m1/s1. The molecule has 0 aliphatic carbocycles. The summed E-state index contributed by atoms with van der Waals surface area (Å²) in [5.41, 5.74) is 1.15. The third kappa shape index (κ3) is 2.98. The number of carbonyl (C=O) groups excluding carboxylic acids is 1. The Hall–Kier alpha value is -3.35. The van der Waals surface area contributed by atoms with Gasteiger partial charge in [0.25, 0.3) is 5.91 Å². The fourth-order valence-electron chi connectivity index (χ4n) is 3.97. The second-order valence-corrected chi connectivity index (χ2v) is 7.02. The van der Waals surface area contributed by atoms with Crippen LogP contribution in [0.15, 0.2) is 65.5 Å². The molecule has 7 heteroatoms. The Kier molecular flexibility index (Phi) is 4.20. The minimum Gasteiger partial charge on any atom is -0.485 e. The van der Waals surface area contributed by atoms with E-state index in [1.165, 1.54) is 6.39 Å². The molecule has 0 spiro atoms. The lowest BCUT2D eigenvalue weighted by Gasteiger charge is -2.28. The normalized spacial score (nSPS) is 23.6. The topological polar surface area (TPSA) is 77.7 Å². The van der Waals surface area contributed by atoms with E-state index in [4.69, 9.17) is 14.0 Å². The van der Waals surface area contributed by atoms with Crippen LogP contribution in [-0.4, -0.2) is 46.7 Å². The van der Waals surface area contributed by atoms with Crippen LogP contribution in [0.5, 0.6) is 11.5 Å². The summed E-state index contributed by atoms with van der Waals surface area (Å²) in [6.07, 6.45) is 0.673. The fraction of sp³-hybridized carbons (Fsp3) is 0.286. The first-order valence-electron chi connectivity index (χ1n) is 9.28. The molecule has 3 aromatic rings. The SMILES string of the molecule is O=C([C@@H]1COc2ccccc2O1)N1C[C@H](c2ccccc2)[C@@H](c2ncon2)C1. The van der Waals surface area contributed by atoms with Crippen molar-refractivity contribution in [3.63, 3.8) is 0 Å². The number of amides is 1. The number of fused-ring (bicyclic) bond motifs is 1. The summed E-state index contributed by atoms with van der Waals surface area (Å²) >= 11 is 0. The maximum Gasteiger partial charge on any atom is 0.267 e. The number of ether oxygens (including phenoxy) is 2. The zero-order chi connectivity index (χ0) is 18.9. The van der Waals surface area contributed by atoms with E-state index in [9.17, 15) is 4.79 Å². The summed E-state index contributed by atoms with van der Waals surface area (Å²) < 4.78 is 16.6. The molecule has 5 rings (SSSR count). The predicted octanol–water partition coefficient (Wildman–Crippen LogP) is 2.62. The van der Waals surface area contributed by atoms with E-state index in [1.807, 2.05) is 47.4 Å². The summed E-state index contributed by atoms with van der Waals surface area (Å²) in [4.78, 5) is 19.2. The summed E-state index contributed by atoms with van der Waals surface area (Å²) in [6.45, 7) is 1.29. The van der Waals surface area contributed by atoms with Gasteiger partial charge >= 0.3 is 0 Å². The van der Waals surface area contributed by atoms with Crippen molar-refractivity contribution in [1.82, 2.24) is 15.0 Å². The van der Waals surface area contributed by atoms with Gasteiger partial charge in [-0.05, 0) is 17.7 Å². The Morgan fingerprint density at radius 3 is 2.50 bits per heavy atom. The fourth-order valence-corrected chi connectivity index (χ4v) is 3.97. The molecule has 7 nitrogen and oxygen atoms in total. The molecule has 0 saturated carbocycles. The monoisotopic (exact) mass is 377 g/mol. The van der Waals surface area contributed by atoms with Crippen molar-refractivity contribution in [2.75, 3.05) is 19.7 Å². The highest BCUT2D eigenvalue weighted by Gasteiger charge is 2.42. The number of hydrogen-bond acceptors (Lipinski definition) is 6. The van der Waals surface area contributed by atoms with Gasteiger partial charge in [-0.15, -0.1) is 0 Å². The average Bonchev–Trinajstić information content (AvgIpc) is 3.43. The highest BCUT2D eigenvalue weighted by Crippen LogP contribution is 2.39. The van der Waals surface area contributed by atoms with Gasteiger partial charge in [0.05, 0.1) is 0 Å². The van der Waals surface area contributed by atoms with Gasteiger partial charge in [-0.3, -0.25) is 4.79 Å². The van der Waals surface area contributed by atoms with Gasteiger partial charge in [-0.1, -0.05) is 47.6 Å². The van der Waals surface area contributed by atoms with Crippen LogP contribution < -0.4 is 9.47 Å². The van der Waals surface area contributed by atoms with Gasteiger partial charge in [-0.2, -0.15) is 4.98 Å². The van der Waals surface area contributed by atoms with E-state index in [1.54, 1.807) is 0 Å². The maximum atomic E-state index is 13.2. The highest BCUT2D eigenvalue weighted by molar-refractivity contribution is 5.82. The number of carbonyl (C=O) groups is 1. The minimum absolute atomic E-state index is 0.0260. The number of rotatable bonds is 3. The molecule has 3 heterocycles. The second kappa shape index (κ2) is 6.99. The second-order valence-electron chi connectivity index (χ2n) is 7.02. The molecule has 0 N–H and O–H groups in total. The van der Waals surface area contributed by atoms with Crippen molar-refractivity contribution in [1.29, 1.82) is 0 Å². The van der Waals surface area contributed by atoms with Crippen molar-refractivity contribution in [3.8, 4) is 11.5 Å². The van der Waals surface area contributed by atoms with Crippen LogP contribution >= 0.6 is 0 Å². The summed E-state index contributed by atoms with van der Waals surface area (Å²) in [6, 6.07) is 17.5. The number of hydrogen-bond donors (Lipinski definition) is 0. The average molecular weight is 377 g/mol. The maximum absolute atomic E-state index is 13.2. The van der Waals surface area contributed by atoms with Crippen molar-refractivity contribution in [2.24, 2.45) is 0 Å². The zero-order valence-corrected chi connectivity index (χ0v) is 15.1. The molecule has 1 fully saturated rings. The first-order chi connectivity index (χ1) is 13.8. The van der Waals surface area contributed by atoms with Crippen LogP contribution in [0.2, 0.25) is 0 Å². The third-order valence-electron chi connectivity index (χ3n) is 5.35. The van der Waals surface area contributed by atoms with E-state index >= 15 is 0 Å². The van der Waals surface area contributed by atoms with Crippen LogP contribution in [-0.2, 0) is 4.79 Å². The van der Waals surface area contributed by atoms with E-state index in [2.05, 4.69) is 22.3 Å². The Balaban J connectivity index is 1.38. The van der Waals surface area contributed by atoms with Gasteiger partial charge in [0, 0.05) is 24.9 Å². The van der Waals surface area contributed by atoms with Gasteiger partial charge in [-0.25, -0.2) is 0 Å². The number of nitrogens with zero attached hydrogens (tertiary/aromatic N) is 3. The number of para-hydroxylation sites is 2. The highest BCUT2D eigenvalue weighted by atomic mass is 16.6. The summed E-state index contributed by atoms with van der Waals surface area (Å²) in [5.74, 6) is 1.87. The molecule has 2 aliphatic heterocycles. The first-order valence-corrected chi connectivity index (χ1v) is 9.28. The lowest BCUT2D eigenvalue weighted by Crippen LogP contribution is -2.45. The molecule has 2 aromatic carbocycles. The van der Waals surface area contributed by atoms with E-state index in [-0.39, 0.29) is 24.3 Å². The quantitative estimate of drug-likeness (QED) is 0.698. The van der Waals surface area contributed by atoms with Gasteiger partial charge in [0.2, 0.25) is 12.5 Å². The van der Waals surface area contributed by atoms with E-state index in [0.29, 0.717) is 30.4 Å². The molecule has 0 radical (unpaired) electrons. The van der Waals surface area contributed by atoms with Crippen molar-refractivity contribution in [2.45, 2.75) is 17.9 Å². The predicted molar refractivity (Wildman–Crippen MR) is 99.2 cm³/mol. The van der Waals surface area contributed by atoms with Gasteiger partial charge < -0.3 is 18.9 Å². The molecular weight excluding hydrogens is 358 g/mol. The largest absolute Gasteiger partial charge is 0.485 e. The molecule has 1 amide bonds. The van der Waals surface area contributed by atoms with E-state index in [0.717, 1.165) is 5.56 Å². The van der Waals surface area contributed by atoms with Gasteiger partial charge in [0.1, 0.15) is 6.61 Å². The van der Waals surface area contributed by atoms with Crippen molar-refractivity contribution in [3.05, 3.63) is 72.4 Å². The smallest absolute Gasteiger partial charge is 0.267 e. The third-order valence-corrected chi connectivity index (χ3v) is 5.35. The van der Waals surface area contributed by atoms with Crippen LogP contribution in [0.25, 0.3) is 0 Å². The molecule has 0 bridgehead atoms. The Labute approximate surface area is 161 Å². The van der Waals surface area contributed by atoms with Crippen LogP contribution in [0.1, 0.15) is 23.2 Å². The van der Waals surface area contributed by atoms with Crippen LogP contribution in [0, 0.1) is 0 Å². The molecule has 1 saturated heterocycles. The van der Waals surface area contributed by atoms with E-state index < -0.39 is 6.10 Å². The Morgan fingerprint density at radius 2 is 1.71 bits per heavy atom. The van der Waals surface area contributed by atoms with Gasteiger partial charge in [0.15, 0.2) is 17.3 Å². The zero-order valence-electron chi connectivity index (χ0n) is 15.1. The van der Waals surface area contributed by atoms with Crippen LogP contribution in [0.3, 0.4) is 0 Å². The summed E-state index contributed by atoms with van der Waals surface area (Å²) in [7, 11) is 0. The Bertz CT molecular complexity index is 961. The van der Waals surface area contributed by atoms with Crippen LogP contribution in [0.4, 0.5) is 0 Å². The number of likely N-dealkylation sites (tertiary alicyclic amines) is 1. The molecule has 2 aliphatic rings. The lowest BCUT2D eigenvalue weighted by molar-refractivity contribution is -0.140. The molecule has 142 valence electrons. The molecule has 3 atom stereocenters. The first kappa shape index (κ1) is 16.8. The minimum atomic E-state index is -0.657. The number of aromatic nitrogens is 2. The van der Waals surface area contributed by atoms with Crippen molar-refractivity contribution >= 4 is 5.91 Å². The Morgan fingerprint density at radius 1 is 0.964 bits per heavy atom. The molecule has 1 aromatic heterocycles. The van der Waals surface area contributed by atoms with Crippen molar-refractivity contribution < 1.29 is 18.8 Å². The lowest BCUT2D eigenvalue weighted by atomic mass is 9.88.